The Labute approximate surface area is 203 Å². The monoisotopic (exact) mass is 505 g/mol. The molecule has 0 bridgehead atoms. The summed E-state index contributed by atoms with van der Waals surface area (Å²) >= 11 is 0. The third kappa shape index (κ3) is 10.3. The third-order valence-electron chi connectivity index (χ3n) is 4.20. The Bertz CT molecular complexity index is 852. The Morgan fingerprint density at radius 2 is 0.939 bits per heavy atom. The number of aromatic carboxylic acids is 2. The van der Waals surface area contributed by atoms with Gasteiger partial charge in [-0.15, -0.1) is 0 Å². The molecular weight excluding hydrogens is 480 g/mol. The molecule has 0 aromatic heterocycles. The third-order valence-corrected chi connectivity index (χ3v) is 4.20. The van der Waals surface area contributed by atoms with Crippen molar-refractivity contribution in [3.05, 3.63) is 70.8 Å². The zero-order valence-corrected chi connectivity index (χ0v) is 19.4. The van der Waals surface area contributed by atoms with E-state index in [9.17, 15) is 29.4 Å². The summed E-state index contributed by atoms with van der Waals surface area (Å²) in [5, 5.41) is 20.6. The quantitative estimate of drug-likeness (QED) is 0.272. The van der Waals surface area contributed by atoms with Gasteiger partial charge in [-0.1, -0.05) is 63.1 Å². The van der Waals surface area contributed by atoms with Gasteiger partial charge < -0.3 is 29.3 Å². The smallest absolute Gasteiger partial charge is 0.545 e. The van der Waals surface area contributed by atoms with E-state index in [1.54, 1.807) is 24.3 Å². The number of hydrogen-bond donors (Lipinski definition) is 0. The van der Waals surface area contributed by atoms with Gasteiger partial charge in [0, 0.05) is 11.1 Å². The van der Waals surface area contributed by atoms with E-state index in [1.807, 2.05) is 13.8 Å². The summed E-state index contributed by atoms with van der Waals surface area (Å²) in [5.74, 6) is -3.98. The fraction of sp³-hybridized carbons (Fsp3) is 0.333. The molecule has 181 valence electrons. The van der Waals surface area contributed by atoms with Crippen LogP contribution in [-0.2, 0) is 26.5 Å². The molecule has 2 rings (SSSR count). The maximum absolute atomic E-state index is 11.9. The zero-order valence-electron chi connectivity index (χ0n) is 18.4. The summed E-state index contributed by atoms with van der Waals surface area (Å²) in [4.78, 5) is 44.5. The summed E-state index contributed by atoms with van der Waals surface area (Å²) in [6.07, 6.45) is 3.53. The van der Waals surface area contributed by atoms with Gasteiger partial charge in [0.2, 0.25) is 0 Å². The molecule has 0 fully saturated rings. The topological polar surface area (TPSA) is 133 Å². The van der Waals surface area contributed by atoms with Crippen LogP contribution in [0.25, 0.3) is 0 Å². The number of ether oxygens (including phenoxy) is 2. The summed E-state index contributed by atoms with van der Waals surface area (Å²) in [6, 6.07) is 11.7. The van der Waals surface area contributed by atoms with Crippen molar-refractivity contribution in [2.45, 2.75) is 39.5 Å². The average molecular weight is 506 g/mol. The Balaban J connectivity index is 0.000000675. The van der Waals surface area contributed by atoms with Crippen molar-refractivity contribution in [1.29, 1.82) is 0 Å². The molecule has 0 aliphatic heterocycles. The maximum atomic E-state index is 11.9. The van der Waals surface area contributed by atoms with Crippen LogP contribution in [0.5, 0.6) is 0 Å². The van der Waals surface area contributed by atoms with Gasteiger partial charge in [-0.25, -0.2) is 9.59 Å². The molecule has 0 saturated carbocycles. The number of rotatable bonds is 10. The normalized spacial score (nSPS) is 9.52. The molecule has 0 unspecified atom stereocenters. The van der Waals surface area contributed by atoms with E-state index in [4.69, 9.17) is 9.47 Å². The molecule has 0 N–H and O–H groups in total. The van der Waals surface area contributed by atoms with Gasteiger partial charge in [-0.05, 0) is 25.0 Å². The van der Waals surface area contributed by atoms with Crippen LogP contribution in [0.2, 0.25) is 0 Å². The minimum absolute atomic E-state index is 0. The van der Waals surface area contributed by atoms with Crippen LogP contribution in [0.15, 0.2) is 48.5 Å². The molecule has 1 radical (unpaired) electrons. The average Bonchev–Trinajstić information content (AvgIpc) is 2.79. The molecule has 0 atom stereocenters. The Kier molecular flexibility index (Phi) is 14.9. The number of benzene rings is 2. The van der Waals surface area contributed by atoms with Crippen LogP contribution >= 0.6 is 0 Å². The van der Waals surface area contributed by atoms with Gasteiger partial charge in [0.25, 0.3) is 0 Å². The van der Waals surface area contributed by atoms with Crippen LogP contribution in [0.3, 0.4) is 0 Å². The number of carboxylic acid groups (broad SMARTS) is 2. The van der Waals surface area contributed by atoms with Crippen molar-refractivity contribution >= 4 is 23.9 Å². The van der Waals surface area contributed by atoms with Crippen molar-refractivity contribution in [2.24, 2.45) is 0 Å². The molecule has 8 nitrogen and oxygen atoms in total. The molecule has 0 heterocycles. The summed E-state index contributed by atoms with van der Waals surface area (Å²) in [5.41, 5.74) is -0.190. The molecule has 0 saturated heterocycles. The standard InChI is InChI=1S/C16H22O4.C8H6O4.Cu/c1-3-5-11-19-15(17)13-9-7-8-10-14(13)16(18)20-12-6-4-2;9-7(10)5-3-1-2-4-6(5)8(11)12;/h7-10H,3-6,11-12H2,1-2H3;1-4H,(H,9,10)(H,11,12);/q;;+2/p-2. The van der Waals surface area contributed by atoms with E-state index in [-0.39, 0.29) is 39.3 Å². The Morgan fingerprint density at radius 1 is 0.636 bits per heavy atom. The van der Waals surface area contributed by atoms with Gasteiger partial charge in [-0.2, -0.15) is 0 Å². The van der Waals surface area contributed by atoms with Crippen molar-refractivity contribution in [2.75, 3.05) is 13.2 Å². The van der Waals surface area contributed by atoms with E-state index >= 15 is 0 Å². The molecule has 2 aromatic carbocycles. The summed E-state index contributed by atoms with van der Waals surface area (Å²) < 4.78 is 10.3. The minimum Gasteiger partial charge on any atom is -0.545 e. The fourth-order valence-electron chi connectivity index (χ4n) is 2.45. The van der Waals surface area contributed by atoms with Crippen molar-refractivity contribution in [3.8, 4) is 0 Å². The predicted octanol–water partition coefficient (Wildman–Crippen LogP) is 2.01. The summed E-state index contributed by atoms with van der Waals surface area (Å²) in [7, 11) is 0. The van der Waals surface area contributed by atoms with Gasteiger partial charge in [-0.3, -0.25) is 0 Å². The molecule has 0 spiro atoms. The van der Waals surface area contributed by atoms with Crippen LogP contribution in [0.1, 0.15) is 81.0 Å². The molecule has 33 heavy (non-hydrogen) atoms. The Hall–Kier alpha value is -3.16. The van der Waals surface area contributed by atoms with E-state index in [1.165, 1.54) is 12.1 Å². The maximum Gasteiger partial charge on any atom is 2.00 e. The summed E-state index contributed by atoms with van der Waals surface area (Å²) in [6.45, 7) is 4.78. The number of carboxylic acids is 2. The largest absolute Gasteiger partial charge is 2.00 e. The minimum atomic E-state index is -1.52. The van der Waals surface area contributed by atoms with Crippen LogP contribution in [-0.4, -0.2) is 37.1 Å². The van der Waals surface area contributed by atoms with Crippen LogP contribution in [0.4, 0.5) is 0 Å². The van der Waals surface area contributed by atoms with Gasteiger partial charge in [0.15, 0.2) is 0 Å². The molecule has 0 aliphatic rings. The first-order valence-electron chi connectivity index (χ1n) is 10.3. The molecular formula is C24H26CuO8. The first-order chi connectivity index (χ1) is 15.3. The number of carbonyl (C=O) groups is 4. The first-order valence-corrected chi connectivity index (χ1v) is 10.3. The van der Waals surface area contributed by atoms with Gasteiger partial charge in [0.1, 0.15) is 0 Å². The van der Waals surface area contributed by atoms with E-state index in [2.05, 4.69) is 0 Å². The van der Waals surface area contributed by atoms with Crippen molar-refractivity contribution in [1.82, 2.24) is 0 Å². The van der Waals surface area contributed by atoms with Gasteiger partial charge >= 0.3 is 29.0 Å². The molecule has 9 heteroatoms. The second kappa shape index (κ2) is 16.5. The first kappa shape index (κ1) is 29.8. The van der Waals surface area contributed by atoms with E-state index in [0.29, 0.717) is 13.2 Å². The molecule has 0 aliphatic carbocycles. The second-order valence-electron chi connectivity index (χ2n) is 6.65. The van der Waals surface area contributed by atoms with Gasteiger partial charge in [0.05, 0.1) is 36.3 Å². The van der Waals surface area contributed by atoms with Crippen molar-refractivity contribution in [3.63, 3.8) is 0 Å². The molecule has 0 amide bonds. The Morgan fingerprint density at radius 3 is 1.21 bits per heavy atom. The number of esters is 2. The number of unbranched alkanes of at least 4 members (excludes halogenated alkanes) is 2. The second-order valence-corrected chi connectivity index (χ2v) is 6.65. The van der Waals surface area contributed by atoms with Crippen LogP contribution < -0.4 is 10.2 Å². The van der Waals surface area contributed by atoms with E-state index in [0.717, 1.165) is 37.8 Å². The number of hydrogen-bond acceptors (Lipinski definition) is 8. The SMILES string of the molecule is CCCCOC(=O)c1ccccc1C(=O)OCCCC.O=C([O-])c1ccccc1C(=O)[O-].[Cu+2]. The number of carbonyl (C=O) groups excluding carboxylic acids is 4. The predicted molar refractivity (Wildman–Crippen MR) is 112 cm³/mol. The van der Waals surface area contributed by atoms with Crippen LogP contribution in [0, 0.1) is 0 Å². The zero-order chi connectivity index (χ0) is 23.9. The van der Waals surface area contributed by atoms with E-state index < -0.39 is 23.9 Å². The van der Waals surface area contributed by atoms with Crippen molar-refractivity contribution < 1.29 is 55.9 Å². The fourth-order valence-corrected chi connectivity index (χ4v) is 2.45. The molecule has 2 aromatic rings.